The summed E-state index contributed by atoms with van der Waals surface area (Å²) < 4.78 is 20.2. The Morgan fingerprint density at radius 3 is 2.25 bits per heavy atom. The van der Waals surface area contributed by atoms with Crippen LogP contribution in [0.25, 0.3) is 0 Å². The van der Waals surface area contributed by atoms with Gasteiger partial charge in [-0.05, 0) is 12.1 Å². The third-order valence-electron chi connectivity index (χ3n) is 2.09. The summed E-state index contributed by atoms with van der Waals surface area (Å²) in [7, 11) is 4.57. The van der Waals surface area contributed by atoms with Crippen molar-refractivity contribution in [2.75, 3.05) is 21.3 Å². The lowest BCUT2D eigenvalue weighted by Crippen LogP contribution is -2.00. The average Bonchev–Trinajstić information content (AvgIpc) is 2.34. The zero-order valence-corrected chi connectivity index (χ0v) is 9.48. The van der Waals surface area contributed by atoms with Crippen LogP contribution in [0.1, 0.15) is 5.56 Å². The molecule has 0 amide bonds. The van der Waals surface area contributed by atoms with Crippen LogP contribution in [-0.4, -0.2) is 27.8 Å². The van der Waals surface area contributed by atoms with Crippen molar-refractivity contribution < 1.29 is 23.7 Å². The summed E-state index contributed by atoms with van der Waals surface area (Å²) in [6.45, 7) is 0.517. The van der Waals surface area contributed by atoms with Crippen LogP contribution in [0, 0.1) is 0 Å². The molecule has 0 heterocycles. The van der Waals surface area contributed by atoms with Crippen molar-refractivity contribution in [2.24, 2.45) is 0 Å². The SMILES string of the molecule is COc1ccc(COC=O)c(OC)c1OC. The molecule has 5 nitrogen and oxygen atoms in total. The fraction of sp³-hybridized carbons (Fsp3) is 0.364. The first-order chi connectivity index (χ1) is 7.78. The van der Waals surface area contributed by atoms with Gasteiger partial charge >= 0.3 is 0 Å². The Morgan fingerprint density at radius 1 is 1.06 bits per heavy atom. The summed E-state index contributed by atoms with van der Waals surface area (Å²) in [4.78, 5) is 10.1. The minimum atomic E-state index is 0.132. The molecule has 1 rings (SSSR count). The Bertz CT molecular complexity index is 362. The van der Waals surface area contributed by atoms with E-state index >= 15 is 0 Å². The van der Waals surface area contributed by atoms with Crippen molar-refractivity contribution in [1.82, 2.24) is 0 Å². The number of methoxy groups -OCH3 is 3. The van der Waals surface area contributed by atoms with Crippen molar-refractivity contribution in [2.45, 2.75) is 6.61 Å². The zero-order valence-electron chi connectivity index (χ0n) is 9.48. The molecule has 0 aliphatic carbocycles. The minimum absolute atomic E-state index is 0.132. The van der Waals surface area contributed by atoms with Gasteiger partial charge in [-0.3, -0.25) is 4.79 Å². The van der Waals surface area contributed by atoms with E-state index in [1.165, 1.54) is 14.2 Å². The highest BCUT2D eigenvalue weighted by Gasteiger charge is 2.15. The first kappa shape index (κ1) is 12.2. The molecule has 88 valence electrons. The van der Waals surface area contributed by atoms with Crippen molar-refractivity contribution in [1.29, 1.82) is 0 Å². The zero-order chi connectivity index (χ0) is 12.0. The minimum Gasteiger partial charge on any atom is -0.493 e. The van der Waals surface area contributed by atoms with Crippen molar-refractivity contribution in [3.63, 3.8) is 0 Å². The summed E-state index contributed by atoms with van der Waals surface area (Å²) >= 11 is 0. The standard InChI is InChI=1S/C11H14O5/c1-13-9-5-4-8(6-16-7-12)10(14-2)11(9)15-3/h4-5,7H,6H2,1-3H3. The van der Waals surface area contributed by atoms with Gasteiger partial charge in [0.15, 0.2) is 11.5 Å². The molecule has 5 heteroatoms. The van der Waals surface area contributed by atoms with Gasteiger partial charge in [0.25, 0.3) is 6.47 Å². The monoisotopic (exact) mass is 226 g/mol. The predicted octanol–water partition coefficient (Wildman–Crippen LogP) is 1.39. The molecule has 16 heavy (non-hydrogen) atoms. The molecular formula is C11H14O5. The van der Waals surface area contributed by atoms with Gasteiger partial charge in [0, 0.05) is 5.56 Å². The summed E-state index contributed by atoms with van der Waals surface area (Å²) in [6.07, 6.45) is 0. The molecule has 0 aromatic heterocycles. The molecule has 0 unspecified atom stereocenters. The van der Waals surface area contributed by atoms with Crippen LogP contribution in [-0.2, 0) is 16.1 Å². The summed E-state index contributed by atoms with van der Waals surface area (Å²) in [5.41, 5.74) is 0.715. The number of ether oxygens (including phenoxy) is 4. The topological polar surface area (TPSA) is 54.0 Å². The van der Waals surface area contributed by atoms with Gasteiger partial charge in [-0.2, -0.15) is 0 Å². The number of hydrogen-bond acceptors (Lipinski definition) is 5. The van der Waals surface area contributed by atoms with Crippen LogP contribution < -0.4 is 14.2 Å². The van der Waals surface area contributed by atoms with E-state index in [4.69, 9.17) is 14.2 Å². The van der Waals surface area contributed by atoms with Crippen LogP contribution in [0.15, 0.2) is 12.1 Å². The molecule has 0 saturated carbocycles. The highest BCUT2D eigenvalue weighted by molar-refractivity contribution is 5.55. The lowest BCUT2D eigenvalue weighted by molar-refractivity contribution is -0.129. The van der Waals surface area contributed by atoms with E-state index in [1.807, 2.05) is 0 Å². The van der Waals surface area contributed by atoms with Gasteiger partial charge in [0.05, 0.1) is 21.3 Å². The average molecular weight is 226 g/mol. The fourth-order valence-corrected chi connectivity index (χ4v) is 1.40. The largest absolute Gasteiger partial charge is 0.493 e. The number of carbonyl (C=O) groups is 1. The molecule has 0 atom stereocenters. The smallest absolute Gasteiger partial charge is 0.293 e. The van der Waals surface area contributed by atoms with Crippen molar-refractivity contribution in [3.05, 3.63) is 17.7 Å². The van der Waals surface area contributed by atoms with Gasteiger partial charge in [0.1, 0.15) is 6.61 Å². The first-order valence-electron chi connectivity index (χ1n) is 4.61. The van der Waals surface area contributed by atoms with Gasteiger partial charge in [0.2, 0.25) is 5.75 Å². The number of benzene rings is 1. The Kier molecular flexibility index (Phi) is 4.44. The Hall–Kier alpha value is -1.91. The molecule has 0 spiro atoms. The van der Waals surface area contributed by atoms with E-state index in [0.29, 0.717) is 29.3 Å². The lowest BCUT2D eigenvalue weighted by atomic mass is 10.2. The summed E-state index contributed by atoms with van der Waals surface area (Å²) in [5, 5.41) is 0. The van der Waals surface area contributed by atoms with Crippen molar-refractivity contribution in [3.8, 4) is 17.2 Å². The van der Waals surface area contributed by atoms with Gasteiger partial charge in [-0.15, -0.1) is 0 Å². The molecule has 0 fully saturated rings. The van der Waals surface area contributed by atoms with E-state index in [1.54, 1.807) is 19.2 Å². The fourth-order valence-electron chi connectivity index (χ4n) is 1.40. The second kappa shape index (κ2) is 5.85. The van der Waals surface area contributed by atoms with Crippen molar-refractivity contribution >= 4 is 6.47 Å². The third-order valence-corrected chi connectivity index (χ3v) is 2.09. The molecule has 1 aromatic rings. The van der Waals surface area contributed by atoms with Crippen LogP contribution in [0.3, 0.4) is 0 Å². The predicted molar refractivity (Wildman–Crippen MR) is 57.0 cm³/mol. The lowest BCUT2D eigenvalue weighted by Gasteiger charge is -2.14. The molecule has 0 aliphatic heterocycles. The van der Waals surface area contributed by atoms with Crippen LogP contribution in [0.5, 0.6) is 17.2 Å². The molecule has 0 saturated heterocycles. The third kappa shape index (κ3) is 2.36. The summed E-state index contributed by atoms with van der Waals surface area (Å²) in [5.74, 6) is 1.55. The van der Waals surface area contributed by atoms with E-state index in [-0.39, 0.29) is 6.61 Å². The number of rotatable bonds is 6. The quantitative estimate of drug-likeness (QED) is 0.686. The second-order valence-electron chi connectivity index (χ2n) is 2.90. The first-order valence-corrected chi connectivity index (χ1v) is 4.61. The molecule has 0 radical (unpaired) electrons. The Morgan fingerprint density at radius 2 is 1.75 bits per heavy atom. The maximum absolute atomic E-state index is 10.1. The summed E-state index contributed by atoms with van der Waals surface area (Å²) in [6, 6.07) is 3.48. The van der Waals surface area contributed by atoms with Gasteiger partial charge < -0.3 is 18.9 Å². The highest BCUT2D eigenvalue weighted by Crippen LogP contribution is 2.39. The Labute approximate surface area is 93.9 Å². The second-order valence-corrected chi connectivity index (χ2v) is 2.90. The van der Waals surface area contributed by atoms with E-state index in [9.17, 15) is 4.79 Å². The number of hydrogen-bond donors (Lipinski definition) is 0. The van der Waals surface area contributed by atoms with E-state index in [2.05, 4.69) is 4.74 Å². The van der Waals surface area contributed by atoms with E-state index < -0.39 is 0 Å². The maximum atomic E-state index is 10.1. The maximum Gasteiger partial charge on any atom is 0.293 e. The van der Waals surface area contributed by atoms with Gasteiger partial charge in [-0.1, -0.05) is 0 Å². The molecule has 0 N–H and O–H groups in total. The molecule has 0 aliphatic rings. The van der Waals surface area contributed by atoms with Crippen LogP contribution in [0.4, 0.5) is 0 Å². The van der Waals surface area contributed by atoms with Crippen LogP contribution >= 0.6 is 0 Å². The van der Waals surface area contributed by atoms with Gasteiger partial charge in [-0.25, -0.2) is 0 Å². The number of carbonyl (C=O) groups excluding carboxylic acids is 1. The molecule has 1 aromatic carbocycles. The van der Waals surface area contributed by atoms with Crippen LogP contribution in [0.2, 0.25) is 0 Å². The molecular weight excluding hydrogens is 212 g/mol. The normalized spacial score (nSPS) is 9.44. The molecule has 0 bridgehead atoms. The van der Waals surface area contributed by atoms with E-state index in [0.717, 1.165) is 0 Å². The Balaban J connectivity index is 3.14. The highest BCUT2D eigenvalue weighted by atomic mass is 16.5.